The summed E-state index contributed by atoms with van der Waals surface area (Å²) in [6, 6.07) is 8.00. The zero-order chi connectivity index (χ0) is 14.2. The summed E-state index contributed by atoms with van der Waals surface area (Å²) < 4.78 is 11.4. The van der Waals surface area contributed by atoms with Gasteiger partial charge in [-0.05, 0) is 18.4 Å². The Labute approximate surface area is 114 Å². The Morgan fingerprint density at radius 1 is 1.16 bits per heavy atom. The number of hydrogen-bond acceptors (Lipinski definition) is 2. The molecule has 0 amide bonds. The van der Waals surface area contributed by atoms with E-state index in [1.807, 2.05) is 18.2 Å². The third-order valence-corrected chi connectivity index (χ3v) is 2.90. The van der Waals surface area contributed by atoms with Crippen molar-refractivity contribution in [2.75, 3.05) is 0 Å². The van der Waals surface area contributed by atoms with E-state index in [9.17, 15) is 0 Å². The van der Waals surface area contributed by atoms with Gasteiger partial charge in [-0.3, -0.25) is 0 Å². The predicted molar refractivity (Wildman–Crippen MR) is 79.8 cm³/mol. The summed E-state index contributed by atoms with van der Waals surface area (Å²) in [5, 5.41) is 1.11. The van der Waals surface area contributed by atoms with Crippen LogP contribution in [0.15, 0.2) is 47.6 Å². The minimum absolute atomic E-state index is 0.0523. The van der Waals surface area contributed by atoms with Crippen LogP contribution in [0.2, 0.25) is 0 Å². The maximum Gasteiger partial charge on any atom is 0.173 e. The minimum Gasteiger partial charge on any atom is -0.459 e. The number of benzene rings is 1. The molecule has 0 bridgehead atoms. The molecule has 0 saturated heterocycles. The molecular formula is C17H20O2. The average molecular weight is 256 g/mol. The molecular weight excluding hydrogens is 236 g/mol. The van der Waals surface area contributed by atoms with E-state index in [0.717, 1.165) is 16.5 Å². The maximum atomic E-state index is 5.92. The zero-order valence-corrected chi connectivity index (χ0v) is 12.0. The molecule has 0 atom stereocenters. The van der Waals surface area contributed by atoms with E-state index < -0.39 is 0 Å². The molecule has 0 N–H and O–H groups in total. The van der Waals surface area contributed by atoms with Crippen LogP contribution in [0.4, 0.5) is 0 Å². The van der Waals surface area contributed by atoms with Crippen molar-refractivity contribution >= 4 is 16.7 Å². The number of para-hydroxylation sites is 1. The number of fused-ring (bicyclic) bond motifs is 1. The lowest BCUT2D eigenvalue weighted by atomic mass is 9.84. The summed E-state index contributed by atoms with van der Waals surface area (Å²) in [7, 11) is 0. The van der Waals surface area contributed by atoms with Gasteiger partial charge in [0.05, 0.1) is 5.76 Å². The highest BCUT2D eigenvalue weighted by atomic mass is 16.5. The first-order valence-corrected chi connectivity index (χ1v) is 6.35. The topological polar surface area (TPSA) is 22.4 Å². The molecule has 2 nitrogen and oxygen atoms in total. The molecule has 2 rings (SSSR count). The summed E-state index contributed by atoms with van der Waals surface area (Å²) in [6.45, 7) is 16.0. The van der Waals surface area contributed by atoms with Crippen molar-refractivity contribution in [3.8, 4) is 0 Å². The van der Waals surface area contributed by atoms with Gasteiger partial charge in [-0.25, -0.2) is 0 Å². The first kappa shape index (κ1) is 13.5. The molecule has 0 spiro atoms. The fourth-order valence-electron chi connectivity index (χ4n) is 2.24. The Bertz CT molecular complexity index is 639. The molecule has 1 heterocycles. The number of furan rings is 1. The monoisotopic (exact) mass is 256 g/mol. The summed E-state index contributed by atoms with van der Waals surface area (Å²) in [5.74, 6) is 1.82. The maximum absolute atomic E-state index is 5.92. The first-order chi connectivity index (χ1) is 8.80. The van der Waals surface area contributed by atoms with Gasteiger partial charge in [0, 0.05) is 10.9 Å². The van der Waals surface area contributed by atoms with Crippen LogP contribution in [0.25, 0.3) is 16.7 Å². The smallest absolute Gasteiger partial charge is 0.173 e. The second-order valence-corrected chi connectivity index (χ2v) is 5.78. The van der Waals surface area contributed by atoms with Crippen LogP contribution in [-0.2, 0) is 10.2 Å². The second kappa shape index (κ2) is 4.61. The highest BCUT2D eigenvalue weighted by Crippen LogP contribution is 2.38. The molecule has 2 aromatic rings. The van der Waals surface area contributed by atoms with E-state index >= 15 is 0 Å². The van der Waals surface area contributed by atoms with Gasteiger partial charge in [0.1, 0.15) is 5.58 Å². The van der Waals surface area contributed by atoms with Crippen LogP contribution in [-0.4, -0.2) is 0 Å². The van der Waals surface area contributed by atoms with E-state index in [-0.39, 0.29) is 5.41 Å². The van der Waals surface area contributed by atoms with Gasteiger partial charge in [-0.15, -0.1) is 0 Å². The van der Waals surface area contributed by atoms with E-state index in [4.69, 9.17) is 9.15 Å². The van der Waals surface area contributed by atoms with Crippen molar-refractivity contribution in [2.45, 2.75) is 33.1 Å². The predicted octanol–water partition coefficient (Wildman–Crippen LogP) is 5.25. The quantitative estimate of drug-likeness (QED) is 0.700. The number of allylic oxidation sites excluding steroid dienone is 1. The van der Waals surface area contributed by atoms with Gasteiger partial charge in [0.15, 0.2) is 11.5 Å². The average Bonchev–Trinajstić information content (AvgIpc) is 2.66. The third kappa shape index (κ3) is 2.58. The van der Waals surface area contributed by atoms with Gasteiger partial charge in [-0.2, -0.15) is 0 Å². The van der Waals surface area contributed by atoms with Gasteiger partial charge in [0.25, 0.3) is 0 Å². The Morgan fingerprint density at radius 2 is 1.79 bits per heavy atom. The largest absolute Gasteiger partial charge is 0.459 e. The number of rotatable bonds is 3. The molecule has 0 aliphatic carbocycles. The van der Waals surface area contributed by atoms with Gasteiger partial charge >= 0.3 is 0 Å². The second-order valence-electron chi connectivity index (χ2n) is 5.78. The van der Waals surface area contributed by atoms with Crippen molar-refractivity contribution in [3.63, 3.8) is 0 Å². The molecule has 0 aliphatic rings. The fraction of sp³-hybridized carbons (Fsp3) is 0.294. The Morgan fingerprint density at radius 3 is 2.37 bits per heavy atom. The van der Waals surface area contributed by atoms with Gasteiger partial charge in [-0.1, -0.05) is 52.1 Å². The van der Waals surface area contributed by atoms with Crippen molar-refractivity contribution < 1.29 is 9.15 Å². The Hall–Kier alpha value is -1.96. The Kier molecular flexibility index (Phi) is 3.27. The molecule has 0 aliphatic heterocycles. The van der Waals surface area contributed by atoms with Crippen LogP contribution in [0.5, 0.6) is 0 Å². The van der Waals surface area contributed by atoms with Crippen molar-refractivity contribution in [3.05, 3.63) is 54.5 Å². The summed E-state index contributed by atoms with van der Waals surface area (Å²) in [6.07, 6.45) is 0. The number of ether oxygens (including phenoxy) is 1. The minimum atomic E-state index is -0.0523. The number of hydrogen-bond donors (Lipinski definition) is 0. The van der Waals surface area contributed by atoms with E-state index in [0.29, 0.717) is 17.3 Å². The summed E-state index contributed by atoms with van der Waals surface area (Å²) in [4.78, 5) is 0. The van der Waals surface area contributed by atoms with Crippen LogP contribution < -0.4 is 0 Å². The molecule has 2 heteroatoms. The molecule has 0 unspecified atom stereocenters. The van der Waals surface area contributed by atoms with Gasteiger partial charge in [0.2, 0.25) is 0 Å². The van der Waals surface area contributed by atoms with E-state index in [1.165, 1.54) is 0 Å². The zero-order valence-electron chi connectivity index (χ0n) is 12.0. The van der Waals surface area contributed by atoms with Crippen LogP contribution in [0.3, 0.4) is 0 Å². The Balaban J connectivity index is 2.66. The highest BCUT2D eigenvalue weighted by Gasteiger charge is 2.27. The summed E-state index contributed by atoms with van der Waals surface area (Å²) >= 11 is 0. The lowest BCUT2D eigenvalue weighted by Crippen LogP contribution is -2.13. The molecule has 1 aromatic heterocycles. The molecule has 0 radical (unpaired) electrons. The molecule has 19 heavy (non-hydrogen) atoms. The molecule has 0 fully saturated rings. The van der Waals surface area contributed by atoms with Gasteiger partial charge < -0.3 is 9.15 Å². The SMILES string of the molecule is C=C(C)OC(=C)c1oc2ccccc2c1C(C)(C)C. The van der Waals surface area contributed by atoms with Crippen molar-refractivity contribution in [1.29, 1.82) is 0 Å². The standard InChI is InChI=1S/C17H20O2/c1-11(2)18-12(3)16-15(17(4,5)6)13-9-7-8-10-14(13)19-16/h7-10H,1,3H2,2,4-6H3. The lowest BCUT2D eigenvalue weighted by molar-refractivity contribution is 0.369. The molecule has 0 saturated carbocycles. The third-order valence-electron chi connectivity index (χ3n) is 2.90. The molecule has 1 aromatic carbocycles. The van der Waals surface area contributed by atoms with Crippen LogP contribution in [0.1, 0.15) is 39.0 Å². The van der Waals surface area contributed by atoms with Crippen LogP contribution >= 0.6 is 0 Å². The van der Waals surface area contributed by atoms with Crippen molar-refractivity contribution in [1.82, 2.24) is 0 Å². The lowest BCUT2D eigenvalue weighted by Gasteiger charge is -2.20. The van der Waals surface area contributed by atoms with Crippen molar-refractivity contribution in [2.24, 2.45) is 0 Å². The van der Waals surface area contributed by atoms with E-state index in [1.54, 1.807) is 6.92 Å². The summed E-state index contributed by atoms with van der Waals surface area (Å²) in [5.41, 5.74) is 1.92. The fourth-order valence-corrected chi connectivity index (χ4v) is 2.24. The van der Waals surface area contributed by atoms with E-state index in [2.05, 4.69) is 40.0 Å². The highest BCUT2D eigenvalue weighted by molar-refractivity contribution is 5.86. The molecule has 100 valence electrons. The normalized spacial score (nSPS) is 11.6. The first-order valence-electron chi connectivity index (χ1n) is 6.35. The van der Waals surface area contributed by atoms with Crippen LogP contribution in [0, 0.1) is 0 Å².